The van der Waals surface area contributed by atoms with Gasteiger partial charge in [0, 0.05) is 36.7 Å². The van der Waals surface area contributed by atoms with Crippen LogP contribution in [0.15, 0.2) is 35.7 Å². The molecule has 0 radical (unpaired) electrons. The maximum absolute atomic E-state index is 12.9. The van der Waals surface area contributed by atoms with E-state index < -0.39 is 0 Å². The molecule has 1 aromatic carbocycles. The highest BCUT2D eigenvalue weighted by molar-refractivity contribution is 7.14. The summed E-state index contributed by atoms with van der Waals surface area (Å²) in [6.45, 7) is 4.79. The van der Waals surface area contributed by atoms with E-state index in [9.17, 15) is 4.79 Å². The van der Waals surface area contributed by atoms with Crippen molar-refractivity contribution >= 4 is 28.2 Å². The maximum atomic E-state index is 12.9. The zero-order chi connectivity index (χ0) is 26.2. The lowest BCUT2D eigenvalue weighted by Gasteiger charge is -2.30. The number of nitriles is 1. The Kier molecular flexibility index (Phi) is 8.87. The molecule has 2 aromatic heterocycles. The first-order valence-corrected chi connectivity index (χ1v) is 13.0. The molecule has 1 aliphatic rings. The summed E-state index contributed by atoms with van der Waals surface area (Å²) in [7, 11) is 3.32. The Labute approximate surface area is 220 Å². The Hall–Kier alpha value is -3.75. The summed E-state index contributed by atoms with van der Waals surface area (Å²) in [4.78, 5) is 30.5. The van der Waals surface area contributed by atoms with Crippen molar-refractivity contribution in [2.45, 2.75) is 25.7 Å². The Morgan fingerprint density at radius 3 is 2.89 bits per heavy atom. The molecule has 1 unspecified atom stereocenters. The topological polar surface area (TPSA) is 116 Å². The number of likely N-dealkylation sites (N-methyl/N-ethyl adjacent to an activating group) is 1. The molecule has 10 nitrogen and oxygen atoms in total. The van der Waals surface area contributed by atoms with Crippen LogP contribution >= 0.6 is 11.3 Å². The monoisotopic (exact) mass is 521 g/mol. The van der Waals surface area contributed by atoms with Crippen LogP contribution in [0.1, 0.15) is 40.8 Å². The van der Waals surface area contributed by atoms with Crippen LogP contribution in [0.5, 0.6) is 11.5 Å². The summed E-state index contributed by atoms with van der Waals surface area (Å²) in [6, 6.07) is 11.5. The van der Waals surface area contributed by atoms with Crippen molar-refractivity contribution in [1.82, 2.24) is 24.8 Å². The lowest BCUT2D eigenvalue weighted by molar-refractivity contribution is 0.0768. The van der Waals surface area contributed by atoms with Crippen LogP contribution in [-0.2, 0) is 0 Å². The second kappa shape index (κ2) is 12.5. The summed E-state index contributed by atoms with van der Waals surface area (Å²) >= 11 is 1.35. The van der Waals surface area contributed by atoms with E-state index in [-0.39, 0.29) is 11.8 Å². The number of nitrogens with one attached hydrogen (secondary N) is 1. The van der Waals surface area contributed by atoms with E-state index in [1.807, 2.05) is 37.3 Å². The standard InChI is InChI=1S/C26H31N7O3S/c1-18-15-23(30-24(28-18)19-7-6-11-33(16-19)12-10-27)31-26-29-20(17-37-26)25(34)32(2)13-14-36-22-9-5-4-8-21(22)35-3/h4-5,8-9,15,17,19H,6-7,11-14,16H2,1-3H3,(H,28,29,30,31). The average Bonchev–Trinajstić information content (AvgIpc) is 3.36. The molecule has 194 valence electrons. The molecule has 1 N–H and O–H groups in total. The number of carbonyl (C=O) groups is 1. The quantitative estimate of drug-likeness (QED) is 0.397. The summed E-state index contributed by atoms with van der Waals surface area (Å²) < 4.78 is 11.1. The van der Waals surface area contributed by atoms with Crippen LogP contribution in [0.25, 0.3) is 0 Å². The van der Waals surface area contributed by atoms with E-state index in [0.29, 0.717) is 47.8 Å². The molecule has 4 rings (SSSR count). The number of ether oxygens (including phenoxy) is 2. The summed E-state index contributed by atoms with van der Waals surface area (Å²) in [5, 5.41) is 14.6. The van der Waals surface area contributed by atoms with Gasteiger partial charge in [0.1, 0.15) is 23.9 Å². The van der Waals surface area contributed by atoms with Crippen molar-refractivity contribution in [3.8, 4) is 17.6 Å². The minimum absolute atomic E-state index is 0.183. The van der Waals surface area contributed by atoms with Gasteiger partial charge in [-0.2, -0.15) is 5.26 Å². The number of aromatic nitrogens is 3. The third kappa shape index (κ3) is 6.93. The van der Waals surface area contributed by atoms with Crippen molar-refractivity contribution in [2.24, 2.45) is 0 Å². The maximum Gasteiger partial charge on any atom is 0.273 e. The lowest BCUT2D eigenvalue weighted by Crippen LogP contribution is -2.35. The largest absolute Gasteiger partial charge is 0.493 e. The SMILES string of the molecule is COc1ccccc1OCCN(C)C(=O)c1csc(Nc2cc(C)nc(C3CCCN(CC#N)C3)n2)n1. The number of nitrogens with zero attached hydrogens (tertiary/aromatic N) is 6. The summed E-state index contributed by atoms with van der Waals surface area (Å²) in [5.41, 5.74) is 1.21. The van der Waals surface area contributed by atoms with E-state index in [0.717, 1.165) is 37.4 Å². The zero-order valence-electron chi connectivity index (χ0n) is 21.3. The fourth-order valence-corrected chi connectivity index (χ4v) is 4.91. The number of hydrogen-bond donors (Lipinski definition) is 1. The minimum Gasteiger partial charge on any atom is -0.493 e. The second-order valence-electron chi connectivity index (χ2n) is 8.87. The number of methoxy groups -OCH3 is 1. The number of thiazole rings is 1. The van der Waals surface area contributed by atoms with Gasteiger partial charge >= 0.3 is 0 Å². The van der Waals surface area contributed by atoms with Crippen molar-refractivity contribution in [3.63, 3.8) is 0 Å². The predicted octanol–water partition coefficient (Wildman–Crippen LogP) is 3.85. The highest BCUT2D eigenvalue weighted by Crippen LogP contribution is 2.28. The van der Waals surface area contributed by atoms with Crippen LogP contribution in [-0.4, -0.2) is 77.6 Å². The lowest BCUT2D eigenvalue weighted by atomic mass is 9.97. The zero-order valence-corrected chi connectivity index (χ0v) is 22.1. The summed E-state index contributed by atoms with van der Waals surface area (Å²) in [5.74, 6) is 2.70. The number of aryl methyl sites for hydroxylation is 1. The molecule has 3 aromatic rings. The molecule has 0 aliphatic carbocycles. The van der Waals surface area contributed by atoms with Crippen LogP contribution in [0.4, 0.5) is 10.9 Å². The van der Waals surface area contributed by atoms with Crippen molar-refractivity contribution in [3.05, 3.63) is 52.9 Å². The predicted molar refractivity (Wildman–Crippen MR) is 142 cm³/mol. The number of para-hydroxylation sites is 2. The molecule has 1 amide bonds. The highest BCUT2D eigenvalue weighted by atomic mass is 32.1. The number of piperidine rings is 1. The molecule has 0 bridgehead atoms. The van der Waals surface area contributed by atoms with Crippen LogP contribution < -0.4 is 14.8 Å². The average molecular weight is 522 g/mol. The Morgan fingerprint density at radius 1 is 1.30 bits per heavy atom. The number of likely N-dealkylation sites (tertiary alicyclic amines) is 1. The fraction of sp³-hybridized carbons (Fsp3) is 0.423. The van der Waals surface area contributed by atoms with Gasteiger partial charge in [-0.05, 0) is 38.4 Å². The van der Waals surface area contributed by atoms with Crippen LogP contribution in [0.3, 0.4) is 0 Å². The Balaban J connectivity index is 1.35. The van der Waals surface area contributed by atoms with E-state index in [1.165, 1.54) is 11.3 Å². The molecule has 0 saturated carbocycles. The second-order valence-corrected chi connectivity index (χ2v) is 9.73. The minimum atomic E-state index is -0.188. The number of hydrogen-bond acceptors (Lipinski definition) is 10. The number of benzene rings is 1. The van der Waals surface area contributed by atoms with Crippen LogP contribution in [0, 0.1) is 18.3 Å². The smallest absolute Gasteiger partial charge is 0.273 e. The molecule has 1 fully saturated rings. The normalized spacial score (nSPS) is 15.6. The van der Waals surface area contributed by atoms with Crippen molar-refractivity contribution in [1.29, 1.82) is 5.26 Å². The molecular weight excluding hydrogens is 490 g/mol. The first kappa shape index (κ1) is 26.3. The highest BCUT2D eigenvalue weighted by Gasteiger charge is 2.24. The molecule has 11 heteroatoms. The fourth-order valence-electron chi connectivity index (χ4n) is 4.21. The molecule has 1 saturated heterocycles. The third-order valence-corrected chi connectivity index (χ3v) is 6.85. The van der Waals surface area contributed by atoms with Gasteiger partial charge in [0.2, 0.25) is 0 Å². The van der Waals surface area contributed by atoms with Gasteiger partial charge in [-0.25, -0.2) is 15.0 Å². The number of carbonyl (C=O) groups excluding carboxylic acids is 1. The van der Waals surface area contributed by atoms with Gasteiger partial charge in [-0.1, -0.05) is 12.1 Å². The molecular formula is C26H31N7O3S. The first-order chi connectivity index (χ1) is 18.0. The van der Waals surface area contributed by atoms with Gasteiger partial charge in [-0.15, -0.1) is 11.3 Å². The molecule has 1 atom stereocenters. The number of anilines is 2. The number of rotatable bonds is 10. The molecule has 1 aliphatic heterocycles. The van der Waals surface area contributed by atoms with Gasteiger partial charge in [-0.3, -0.25) is 9.69 Å². The third-order valence-electron chi connectivity index (χ3n) is 6.09. The summed E-state index contributed by atoms with van der Waals surface area (Å²) in [6.07, 6.45) is 2.01. The molecule has 3 heterocycles. The molecule has 0 spiro atoms. The van der Waals surface area contributed by atoms with E-state index >= 15 is 0 Å². The first-order valence-electron chi connectivity index (χ1n) is 12.2. The van der Waals surface area contributed by atoms with E-state index in [4.69, 9.17) is 19.7 Å². The Bertz CT molecular complexity index is 1260. The van der Waals surface area contributed by atoms with E-state index in [1.54, 1.807) is 24.4 Å². The van der Waals surface area contributed by atoms with Gasteiger partial charge in [0.25, 0.3) is 5.91 Å². The van der Waals surface area contributed by atoms with Crippen LogP contribution in [0.2, 0.25) is 0 Å². The molecule has 37 heavy (non-hydrogen) atoms. The van der Waals surface area contributed by atoms with E-state index in [2.05, 4.69) is 26.3 Å². The van der Waals surface area contributed by atoms with Gasteiger partial charge < -0.3 is 19.7 Å². The van der Waals surface area contributed by atoms with Crippen molar-refractivity contribution in [2.75, 3.05) is 52.3 Å². The Morgan fingerprint density at radius 2 is 2.11 bits per heavy atom. The van der Waals surface area contributed by atoms with Gasteiger partial charge in [0.15, 0.2) is 16.6 Å². The van der Waals surface area contributed by atoms with Crippen molar-refractivity contribution < 1.29 is 14.3 Å². The van der Waals surface area contributed by atoms with Gasteiger partial charge in [0.05, 0.1) is 26.3 Å². The number of amides is 1.